The highest BCUT2D eigenvalue weighted by atomic mass is 32.2. The highest BCUT2D eigenvalue weighted by Gasteiger charge is 2.29. The Hall–Kier alpha value is -2.76. The fourth-order valence-electron chi connectivity index (χ4n) is 3.60. The van der Waals surface area contributed by atoms with Gasteiger partial charge in [-0.05, 0) is 38.5 Å². The van der Waals surface area contributed by atoms with Gasteiger partial charge in [0.1, 0.15) is 17.6 Å². The minimum absolute atomic E-state index is 0.0835. The van der Waals surface area contributed by atoms with Gasteiger partial charge in [0.15, 0.2) is 11.3 Å². The van der Waals surface area contributed by atoms with E-state index in [1.54, 1.807) is 17.5 Å². The number of quaternary nitrogens is 1. The largest absolute Gasteiger partial charge is 0.493 e. The SMILES string of the molecule is CCCc1nc(C)c2c(=O)[nH]c(-c3cc(S(=O)(=O)NC4C[NH2+]C4)ccc3OCC)nn12. The minimum Gasteiger partial charge on any atom is -0.493 e. The van der Waals surface area contributed by atoms with E-state index in [4.69, 9.17) is 4.74 Å². The number of nitrogens with two attached hydrogens (primary N) is 1. The Morgan fingerprint density at radius 2 is 2.10 bits per heavy atom. The highest BCUT2D eigenvalue weighted by Crippen LogP contribution is 2.30. The van der Waals surface area contributed by atoms with Gasteiger partial charge in [0.05, 0.1) is 35.8 Å². The van der Waals surface area contributed by atoms with E-state index < -0.39 is 10.0 Å². The minimum atomic E-state index is -3.71. The molecule has 0 unspecified atom stereocenters. The maximum atomic E-state index is 12.8. The number of aryl methyl sites for hydroxylation is 2. The molecule has 2 aromatic heterocycles. The second-order valence-electron chi connectivity index (χ2n) is 7.60. The van der Waals surface area contributed by atoms with E-state index in [1.807, 2.05) is 19.2 Å². The van der Waals surface area contributed by atoms with Crippen LogP contribution in [0.1, 0.15) is 31.8 Å². The number of rotatable bonds is 8. The molecule has 0 bridgehead atoms. The topological polar surface area (TPSA) is 135 Å². The third-order valence-corrected chi connectivity index (χ3v) is 6.78. The lowest BCUT2D eigenvalue weighted by Crippen LogP contribution is -3.00. The summed E-state index contributed by atoms with van der Waals surface area (Å²) in [6.07, 6.45) is 1.52. The van der Waals surface area contributed by atoms with E-state index in [9.17, 15) is 13.2 Å². The number of imidazole rings is 1. The lowest BCUT2D eigenvalue weighted by atomic mass is 10.2. The molecule has 0 saturated carbocycles. The number of nitrogens with zero attached hydrogens (tertiary/aromatic N) is 3. The van der Waals surface area contributed by atoms with E-state index >= 15 is 0 Å². The predicted molar refractivity (Wildman–Crippen MR) is 115 cm³/mol. The van der Waals surface area contributed by atoms with Crippen LogP contribution >= 0.6 is 0 Å². The van der Waals surface area contributed by atoms with Gasteiger partial charge in [-0.2, -0.15) is 4.72 Å². The molecule has 4 rings (SSSR count). The second-order valence-corrected chi connectivity index (χ2v) is 9.31. The first-order valence-corrected chi connectivity index (χ1v) is 11.9. The van der Waals surface area contributed by atoms with Crippen molar-refractivity contribution in [3.8, 4) is 17.1 Å². The van der Waals surface area contributed by atoms with Crippen molar-refractivity contribution >= 4 is 15.5 Å². The normalized spacial score (nSPS) is 14.7. The number of H-pyrrole nitrogens is 1. The lowest BCUT2D eigenvalue weighted by molar-refractivity contribution is -0.710. The smallest absolute Gasteiger partial charge is 0.277 e. The summed E-state index contributed by atoms with van der Waals surface area (Å²) in [7, 11) is -3.71. The summed E-state index contributed by atoms with van der Waals surface area (Å²) >= 11 is 0. The number of aromatic amines is 1. The van der Waals surface area contributed by atoms with E-state index in [-0.39, 0.29) is 22.3 Å². The first-order valence-electron chi connectivity index (χ1n) is 10.4. The molecule has 0 amide bonds. The second kappa shape index (κ2) is 8.40. The maximum Gasteiger partial charge on any atom is 0.277 e. The van der Waals surface area contributed by atoms with Crippen molar-refractivity contribution in [2.75, 3.05) is 19.7 Å². The molecule has 166 valence electrons. The van der Waals surface area contributed by atoms with Gasteiger partial charge in [-0.3, -0.25) is 4.79 Å². The fraction of sp³-hybridized carbons (Fsp3) is 0.450. The summed E-state index contributed by atoms with van der Waals surface area (Å²) in [5.74, 6) is 1.35. The van der Waals surface area contributed by atoms with Crippen molar-refractivity contribution in [3.63, 3.8) is 0 Å². The molecule has 0 atom stereocenters. The standard InChI is InChI=1S/C20H26N6O4S/c1-4-6-17-22-12(3)18-20(27)23-19(24-26(17)18)15-9-14(7-8-16(15)30-5-2)31(28,29)25-13-10-21-11-13/h7-9,13,21,25H,4-6,10-11H2,1-3H3,(H,23,24,27)/p+1. The first kappa shape index (κ1) is 21.5. The van der Waals surface area contributed by atoms with E-state index in [1.165, 1.54) is 12.1 Å². The van der Waals surface area contributed by atoms with E-state index in [0.717, 1.165) is 19.5 Å². The Kier molecular flexibility index (Phi) is 5.82. The monoisotopic (exact) mass is 447 g/mol. The number of hydrogen-bond donors (Lipinski definition) is 3. The van der Waals surface area contributed by atoms with Crippen molar-refractivity contribution in [1.82, 2.24) is 24.3 Å². The number of aromatic nitrogens is 4. The molecule has 31 heavy (non-hydrogen) atoms. The number of sulfonamides is 1. The highest BCUT2D eigenvalue weighted by molar-refractivity contribution is 7.89. The molecule has 3 aromatic rings. The zero-order valence-corrected chi connectivity index (χ0v) is 18.6. The Bertz CT molecular complexity index is 1280. The number of benzene rings is 1. The zero-order chi connectivity index (χ0) is 22.2. The molecule has 1 saturated heterocycles. The van der Waals surface area contributed by atoms with Gasteiger partial charge in [-0.25, -0.2) is 17.9 Å². The molecule has 4 N–H and O–H groups in total. The molecule has 11 heteroatoms. The lowest BCUT2D eigenvalue weighted by Gasteiger charge is -2.23. The molecule has 0 spiro atoms. The van der Waals surface area contributed by atoms with Crippen LogP contribution in [0, 0.1) is 6.92 Å². The average Bonchev–Trinajstić information content (AvgIpc) is 3.01. The molecule has 3 heterocycles. The van der Waals surface area contributed by atoms with Gasteiger partial charge in [-0.15, -0.1) is 5.10 Å². The molecule has 1 aliphatic rings. The van der Waals surface area contributed by atoms with Gasteiger partial charge in [-0.1, -0.05) is 6.92 Å². The Morgan fingerprint density at radius 3 is 2.74 bits per heavy atom. The number of hydrogen-bond acceptors (Lipinski definition) is 6. The van der Waals surface area contributed by atoms with Crippen LogP contribution in [-0.4, -0.2) is 53.7 Å². The number of fused-ring (bicyclic) bond motifs is 1. The van der Waals surface area contributed by atoms with Crippen LogP contribution in [0.5, 0.6) is 5.75 Å². The Labute approximate surface area is 180 Å². The zero-order valence-electron chi connectivity index (χ0n) is 17.8. The van der Waals surface area contributed by atoms with Gasteiger partial charge >= 0.3 is 0 Å². The fourth-order valence-corrected chi connectivity index (χ4v) is 4.89. The molecule has 1 aromatic carbocycles. The summed E-state index contributed by atoms with van der Waals surface area (Å²) in [5, 5.41) is 6.63. The molecule has 1 aliphatic heterocycles. The van der Waals surface area contributed by atoms with Crippen LogP contribution in [0.4, 0.5) is 0 Å². The van der Waals surface area contributed by atoms with E-state index in [0.29, 0.717) is 41.4 Å². The van der Waals surface area contributed by atoms with Crippen molar-refractivity contribution in [3.05, 3.63) is 40.1 Å². The first-order chi connectivity index (χ1) is 14.8. The summed E-state index contributed by atoms with van der Waals surface area (Å²) in [4.78, 5) is 20.2. The number of nitrogens with one attached hydrogen (secondary N) is 2. The van der Waals surface area contributed by atoms with Crippen LogP contribution < -0.4 is 20.3 Å². The molecular formula is C20H27N6O4S+. The Balaban J connectivity index is 1.86. The van der Waals surface area contributed by atoms with Crippen LogP contribution in [0.15, 0.2) is 27.9 Å². The summed E-state index contributed by atoms with van der Waals surface area (Å²) in [5.41, 5.74) is 1.05. The average molecular weight is 448 g/mol. The van der Waals surface area contributed by atoms with Gasteiger partial charge in [0.2, 0.25) is 10.0 Å². The summed E-state index contributed by atoms with van der Waals surface area (Å²) in [6, 6.07) is 4.50. The van der Waals surface area contributed by atoms with Crippen LogP contribution in [0.2, 0.25) is 0 Å². The van der Waals surface area contributed by atoms with Crippen molar-refractivity contribution < 1.29 is 18.5 Å². The summed E-state index contributed by atoms with van der Waals surface area (Å²) in [6.45, 7) is 7.45. The van der Waals surface area contributed by atoms with Crippen molar-refractivity contribution in [2.24, 2.45) is 0 Å². The van der Waals surface area contributed by atoms with E-state index in [2.05, 4.69) is 19.8 Å². The third kappa shape index (κ3) is 4.08. The molecule has 1 fully saturated rings. The molecule has 0 radical (unpaired) electrons. The Morgan fingerprint density at radius 1 is 1.32 bits per heavy atom. The number of ether oxygens (including phenoxy) is 1. The summed E-state index contributed by atoms with van der Waals surface area (Å²) < 4.78 is 35.6. The molecule has 10 nitrogen and oxygen atoms in total. The molecule has 0 aliphatic carbocycles. The predicted octanol–water partition coefficient (Wildman–Crippen LogP) is -0.0319. The van der Waals surface area contributed by atoms with Gasteiger partial charge < -0.3 is 15.0 Å². The van der Waals surface area contributed by atoms with Crippen LogP contribution in [0.25, 0.3) is 16.9 Å². The van der Waals surface area contributed by atoms with Crippen LogP contribution in [-0.2, 0) is 16.4 Å². The van der Waals surface area contributed by atoms with Gasteiger partial charge in [0.25, 0.3) is 5.56 Å². The van der Waals surface area contributed by atoms with Gasteiger partial charge in [0, 0.05) is 6.42 Å². The van der Waals surface area contributed by atoms with Crippen molar-refractivity contribution in [2.45, 2.75) is 44.6 Å². The third-order valence-electron chi connectivity index (χ3n) is 5.26. The molecular weight excluding hydrogens is 420 g/mol. The van der Waals surface area contributed by atoms with Crippen LogP contribution in [0.3, 0.4) is 0 Å². The van der Waals surface area contributed by atoms with Crippen molar-refractivity contribution in [1.29, 1.82) is 0 Å². The maximum absolute atomic E-state index is 12.8. The quantitative estimate of drug-likeness (QED) is 0.444.